The maximum absolute atomic E-state index is 10.8. The molecule has 0 fully saturated rings. The first kappa shape index (κ1) is 15.7. The lowest BCUT2D eigenvalue weighted by atomic mass is 10.1. The van der Waals surface area contributed by atoms with Crippen molar-refractivity contribution in [2.24, 2.45) is 0 Å². The van der Waals surface area contributed by atoms with Crippen LogP contribution in [0.3, 0.4) is 0 Å². The molecule has 0 amide bonds. The van der Waals surface area contributed by atoms with Gasteiger partial charge in [0, 0.05) is 43.4 Å². The third kappa shape index (κ3) is 3.81. The van der Waals surface area contributed by atoms with Gasteiger partial charge in [0.25, 0.3) is 5.69 Å². The molecule has 1 rings (SSSR count). The van der Waals surface area contributed by atoms with Gasteiger partial charge in [0.2, 0.25) is 0 Å². The number of non-ortho nitro benzene ring substituents is 1. The fourth-order valence-corrected chi connectivity index (χ4v) is 2.34. The van der Waals surface area contributed by atoms with E-state index < -0.39 is 4.92 Å². The molecule has 1 atom stereocenters. The Morgan fingerprint density at radius 3 is 2.68 bits per heavy atom. The van der Waals surface area contributed by atoms with Crippen LogP contribution < -0.4 is 4.90 Å². The Labute approximate surface area is 118 Å². The number of halogens is 1. The van der Waals surface area contributed by atoms with Crippen LogP contribution >= 0.6 is 11.6 Å². The summed E-state index contributed by atoms with van der Waals surface area (Å²) in [7, 11) is 1.66. The van der Waals surface area contributed by atoms with Gasteiger partial charge in [-0.1, -0.05) is 0 Å². The molecule has 0 aliphatic carbocycles. The molecule has 1 unspecified atom stereocenters. The first-order chi connectivity index (χ1) is 9.04. The monoisotopic (exact) mass is 286 g/mol. The number of anilines is 1. The quantitative estimate of drug-likeness (QED) is 0.439. The Morgan fingerprint density at radius 1 is 1.53 bits per heavy atom. The molecule has 1 aromatic rings. The van der Waals surface area contributed by atoms with Gasteiger partial charge >= 0.3 is 0 Å². The van der Waals surface area contributed by atoms with E-state index in [0.717, 1.165) is 17.8 Å². The van der Waals surface area contributed by atoms with E-state index in [-0.39, 0.29) is 17.6 Å². The predicted molar refractivity (Wildman–Crippen MR) is 77.0 cm³/mol. The van der Waals surface area contributed by atoms with Crippen molar-refractivity contribution < 1.29 is 9.66 Å². The number of ether oxygens (including phenoxy) is 1. The van der Waals surface area contributed by atoms with Crippen molar-refractivity contribution in [3.63, 3.8) is 0 Å². The van der Waals surface area contributed by atoms with E-state index >= 15 is 0 Å². The van der Waals surface area contributed by atoms with Crippen LogP contribution in [-0.4, -0.2) is 31.2 Å². The summed E-state index contributed by atoms with van der Waals surface area (Å²) in [5, 5.41) is 10.8. The zero-order valence-electron chi connectivity index (χ0n) is 11.4. The minimum Gasteiger partial charge on any atom is -0.383 e. The number of nitrogens with zero attached hydrogens (tertiary/aromatic N) is 2. The van der Waals surface area contributed by atoms with Crippen LogP contribution in [0.4, 0.5) is 11.4 Å². The molecule has 1 aromatic carbocycles. The summed E-state index contributed by atoms with van der Waals surface area (Å²) in [5.74, 6) is 0.243. The number of hydrogen-bond donors (Lipinski definition) is 0. The highest BCUT2D eigenvalue weighted by molar-refractivity contribution is 6.17. The van der Waals surface area contributed by atoms with E-state index in [1.165, 1.54) is 12.1 Å². The van der Waals surface area contributed by atoms with Crippen LogP contribution in [0.1, 0.15) is 19.4 Å². The Morgan fingerprint density at radius 2 is 2.21 bits per heavy atom. The van der Waals surface area contributed by atoms with E-state index in [4.69, 9.17) is 16.3 Å². The second-order valence-corrected chi connectivity index (χ2v) is 4.56. The topological polar surface area (TPSA) is 55.6 Å². The van der Waals surface area contributed by atoms with Gasteiger partial charge in [-0.2, -0.15) is 0 Å². The van der Waals surface area contributed by atoms with Crippen molar-refractivity contribution in [1.82, 2.24) is 0 Å². The van der Waals surface area contributed by atoms with Crippen molar-refractivity contribution in [1.29, 1.82) is 0 Å². The van der Waals surface area contributed by atoms with Gasteiger partial charge < -0.3 is 9.64 Å². The summed E-state index contributed by atoms with van der Waals surface area (Å²) in [6.45, 7) is 5.46. The minimum atomic E-state index is -0.408. The van der Waals surface area contributed by atoms with E-state index in [1.807, 2.05) is 13.8 Å². The molecule has 0 aliphatic rings. The molecule has 0 aromatic heterocycles. The molecule has 0 spiro atoms. The third-order valence-electron chi connectivity index (χ3n) is 3.01. The van der Waals surface area contributed by atoms with E-state index in [9.17, 15) is 10.1 Å². The number of rotatable bonds is 7. The second-order valence-electron chi connectivity index (χ2n) is 4.29. The van der Waals surface area contributed by atoms with Crippen LogP contribution in [0.5, 0.6) is 0 Å². The predicted octanol–water partition coefficient (Wildman–Crippen LogP) is 3.19. The van der Waals surface area contributed by atoms with Crippen LogP contribution in [0.2, 0.25) is 0 Å². The van der Waals surface area contributed by atoms with E-state index in [1.54, 1.807) is 13.2 Å². The Bertz CT molecular complexity index is 440. The highest BCUT2D eigenvalue weighted by atomic mass is 35.5. The summed E-state index contributed by atoms with van der Waals surface area (Å²) in [4.78, 5) is 12.5. The van der Waals surface area contributed by atoms with Gasteiger partial charge in [0.15, 0.2) is 0 Å². The number of benzene rings is 1. The number of likely N-dealkylation sites (N-methyl/N-ethyl adjacent to an activating group) is 1. The molecule has 19 heavy (non-hydrogen) atoms. The SMILES string of the molecule is CCN(c1ccc([N+](=O)[O-])cc1CCl)C(C)COC. The average Bonchev–Trinajstić information content (AvgIpc) is 2.40. The van der Waals surface area contributed by atoms with Crippen LogP contribution in [0, 0.1) is 10.1 Å². The molecular formula is C13H19ClN2O3. The molecule has 0 saturated heterocycles. The fourth-order valence-electron chi connectivity index (χ4n) is 2.12. The molecule has 6 heteroatoms. The molecule has 0 aliphatic heterocycles. The van der Waals surface area contributed by atoms with Crippen molar-refractivity contribution in [2.75, 3.05) is 25.2 Å². The molecule has 0 saturated carbocycles. The van der Waals surface area contributed by atoms with Gasteiger partial charge in [-0.25, -0.2) is 0 Å². The largest absolute Gasteiger partial charge is 0.383 e. The third-order valence-corrected chi connectivity index (χ3v) is 3.30. The number of hydrogen-bond acceptors (Lipinski definition) is 4. The van der Waals surface area contributed by atoms with Crippen molar-refractivity contribution in [2.45, 2.75) is 25.8 Å². The maximum Gasteiger partial charge on any atom is 0.269 e. The highest BCUT2D eigenvalue weighted by Gasteiger charge is 2.18. The van der Waals surface area contributed by atoms with Crippen LogP contribution in [-0.2, 0) is 10.6 Å². The normalized spacial score (nSPS) is 12.2. The van der Waals surface area contributed by atoms with Gasteiger partial charge in [-0.05, 0) is 25.5 Å². The Kier molecular flexibility index (Phi) is 6.05. The minimum absolute atomic E-state index is 0.0647. The number of alkyl halides is 1. The van der Waals surface area contributed by atoms with Crippen molar-refractivity contribution in [3.8, 4) is 0 Å². The smallest absolute Gasteiger partial charge is 0.269 e. The molecule has 0 radical (unpaired) electrons. The first-order valence-corrected chi connectivity index (χ1v) is 6.67. The van der Waals surface area contributed by atoms with Crippen LogP contribution in [0.25, 0.3) is 0 Å². The zero-order chi connectivity index (χ0) is 14.4. The Hall–Kier alpha value is -1.33. The molecule has 0 heterocycles. The summed E-state index contributed by atoms with van der Waals surface area (Å²) in [5.41, 5.74) is 1.75. The molecule has 106 valence electrons. The number of methoxy groups -OCH3 is 1. The molecule has 0 N–H and O–H groups in total. The summed E-state index contributed by atoms with van der Waals surface area (Å²) >= 11 is 5.91. The van der Waals surface area contributed by atoms with Gasteiger partial charge in [-0.3, -0.25) is 10.1 Å². The van der Waals surface area contributed by atoms with E-state index in [0.29, 0.717) is 6.61 Å². The van der Waals surface area contributed by atoms with Crippen molar-refractivity contribution in [3.05, 3.63) is 33.9 Å². The Balaban J connectivity index is 3.13. The summed E-state index contributed by atoms with van der Waals surface area (Å²) < 4.78 is 5.16. The van der Waals surface area contributed by atoms with Crippen molar-refractivity contribution >= 4 is 23.0 Å². The van der Waals surface area contributed by atoms with Gasteiger partial charge in [-0.15, -0.1) is 11.6 Å². The van der Waals surface area contributed by atoms with E-state index in [2.05, 4.69) is 4.90 Å². The van der Waals surface area contributed by atoms with Crippen LogP contribution in [0.15, 0.2) is 18.2 Å². The average molecular weight is 287 g/mol. The molecule has 5 nitrogen and oxygen atoms in total. The summed E-state index contributed by atoms with van der Waals surface area (Å²) in [6.07, 6.45) is 0. The first-order valence-electron chi connectivity index (χ1n) is 6.14. The molecule has 0 bridgehead atoms. The fraction of sp³-hybridized carbons (Fsp3) is 0.538. The number of nitro groups is 1. The lowest BCUT2D eigenvalue weighted by Crippen LogP contribution is -2.36. The molecular weight excluding hydrogens is 268 g/mol. The summed E-state index contributed by atoms with van der Waals surface area (Å²) in [6, 6.07) is 4.97. The number of nitro benzene ring substituents is 1. The lowest BCUT2D eigenvalue weighted by molar-refractivity contribution is -0.384. The zero-order valence-corrected chi connectivity index (χ0v) is 12.2. The highest BCUT2D eigenvalue weighted by Crippen LogP contribution is 2.28. The standard InChI is InChI=1S/C13H19ClN2O3/c1-4-15(10(2)9-19-3)13-6-5-12(16(17)18)7-11(13)8-14/h5-7,10H,4,8-9H2,1-3H3. The van der Waals surface area contributed by atoms with Gasteiger partial charge in [0.1, 0.15) is 0 Å². The maximum atomic E-state index is 10.8. The lowest BCUT2D eigenvalue weighted by Gasteiger charge is -2.31. The second kappa shape index (κ2) is 7.31. The van der Waals surface area contributed by atoms with Gasteiger partial charge in [0.05, 0.1) is 11.5 Å².